The van der Waals surface area contributed by atoms with E-state index in [1.165, 1.54) is 16.9 Å². The van der Waals surface area contributed by atoms with Crippen molar-refractivity contribution in [3.63, 3.8) is 0 Å². The molecule has 2 fully saturated rings. The fourth-order valence-electron chi connectivity index (χ4n) is 4.04. The first-order valence-corrected chi connectivity index (χ1v) is 12.5. The smallest absolute Gasteiger partial charge is 0.325 e. The third-order valence-corrected chi connectivity index (χ3v) is 7.44. The van der Waals surface area contributed by atoms with Crippen molar-refractivity contribution in [3.05, 3.63) is 51.2 Å². The molecule has 4 rings (SSSR count). The number of morpholine rings is 1. The van der Waals surface area contributed by atoms with Crippen molar-refractivity contribution in [2.24, 2.45) is 0 Å². The molecule has 9 nitrogen and oxygen atoms in total. The molecule has 36 heavy (non-hydrogen) atoms. The highest BCUT2D eigenvalue weighted by Gasteiger charge is 2.29. The number of rotatable bonds is 8. The number of hydrogen-bond acceptors (Lipinski definition) is 9. The maximum atomic E-state index is 14.3. The molecular formula is C22H25ClF3N7O2S. The Morgan fingerprint density at radius 2 is 2.17 bits per heavy atom. The van der Waals surface area contributed by atoms with Crippen LogP contribution in [0.4, 0.5) is 24.5 Å². The van der Waals surface area contributed by atoms with Crippen LogP contribution in [0.3, 0.4) is 0 Å². The second-order valence-electron chi connectivity index (χ2n) is 8.35. The first kappa shape index (κ1) is 26.6. The Balaban J connectivity index is 1.36. The summed E-state index contributed by atoms with van der Waals surface area (Å²) in [6.07, 6.45) is 2.46. The van der Waals surface area contributed by atoms with E-state index in [-0.39, 0.29) is 28.4 Å². The Morgan fingerprint density at radius 1 is 1.39 bits per heavy atom. The second kappa shape index (κ2) is 12.2. The number of halogens is 4. The molecule has 1 aromatic heterocycles. The summed E-state index contributed by atoms with van der Waals surface area (Å²) >= 11 is 7.04. The average molecular weight is 544 g/mol. The lowest BCUT2D eigenvalue weighted by Crippen LogP contribution is -2.45. The van der Waals surface area contributed by atoms with Gasteiger partial charge >= 0.3 is 6.55 Å². The van der Waals surface area contributed by atoms with Crippen LogP contribution < -0.4 is 20.5 Å². The first-order chi connectivity index (χ1) is 17.4. The predicted octanol–water partition coefficient (Wildman–Crippen LogP) is 3.24. The van der Waals surface area contributed by atoms with Crippen molar-refractivity contribution in [1.29, 1.82) is 5.26 Å². The van der Waals surface area contributed by atoms with Crippen LogP contribution in [-0.2, 0) is 4.74 Å². The number of alkyl halides is 2. The Morgan fingerprint density at radius 3 is 2.81 bits per heavy atom. The van der Waals surface area contributed by atoms with Gasteiger partial charge in [-0.2, -0.15) is 19.1 Å². The van der Waals surface area contributed by atoms with E-state index in [2.05, 4.69) is 15.7 Å². The standard InChI is InChI=1S/C22H25ClF3N7O2S/c23-20-18(29-11-15-13-35-8-5-28-15)12-30-32(21(20)34)16-3-6-31(7-4-16)36-33(22(25)26)19-2-1-14(10-27)9-17(19)24/h1-2,9,12,15-16,22,28-29H,3-8,11,13H2. The molecule has 2 aromatic rings. The van der Waals surface area contributed by atoms with E-state index in [4.69, 9.17) is 21.6 Å². The van der Waals surface area contributed by atoms with Crippen LogP contribution in [0.2, 0.25) is 5.02 Å². The molecular weight excluding hydrogens is 519 g/mol. The van der Waals surface area contributed by atoms with E-state index in [1.807, 2.05) is 0 Å². The number of piperidine rings is 1. The van der Waals surface area contributed by atoms with Gasteiger partial charge in [0.1, 0.15) is 10.8 Å². The average Bonchev–Trinajstić information content (AvgIpc) is 2.89. The van der Waals surface area contributed by atoms with Crippen LogP contribution in [0.5, 0.6) is 0 Å². The van der Waals surface area contributed by atoms with Crippen molar-refractivity contribution in [2.45, 2.75) is 31.5 Å². The van der Waals surface area contributed by atoms with Gasteiger partial charge in [0.15, 0.2) is 0 Å². The van der Waals surface area contributed by atoms with Gasteiger partial charge in [-0.3, -0.25) is 4.79 Å². The lowest BCUT2D eigenvalue weighted by Gasteiger charge is -2.34. The molecule has 1 unspecified atom stereocenters. The summed E-state index contributed by atoms with van der Waals surface area (Å²) < 4.78 is 50.8. The number of benzene rings is 1. The largest absolute Gasteiger partial charge is 0.381 e. The van der Waals surface area contributed by atoms with E-state index in [9.17, 15) is 18.0 Å². The normalized spacial score (nSPS) is 19.3. The van der Waals surface area contributed by atoms with Crippen LogP contribution in [0.15, 0.2) is 29.2 Å². The minimum Gasteiger partial charge on any atom is -0.381 e. The SMILES string of the molecule is N#Cc1ccc(N(SN2CCC(n3ncc(NCC4COCCN4)c(Cl)c3=O)CC2)C(F)F)c(F)c1. The molecule has 194 valence electrons. The summed E-state index contributed by atoms with van der Waals surface area (Å²) in [5.41, 5.74) is -0.238. The Hall–Kier alpha value is -2.50. The lowest BCUT2D eigenvalue weighted by molar-refractivity contribution is 0.0806. The Bertz CT molecular complexity index is 1150. The molecule has 2 aliphatic rings. The number of ether oxygens (including phenoxy) is 1. The molecule has 0 saturated carbocycles. The summed E-state index contributed by atoms with van der Waals surface area (Å²) in [7, 11) is 0. The third-order valence-electron chi connectivity index (χ3n) is 5.95. The maximum absolute atomic E-state index is 14.3. The summed E-state index contributed by atoms with van der Waals surface area (Å²) in [6, 6.07) is 5.02. The molecule has 2 N–H and O–H groups in total. The maximum Gasteiger partial charge on any atom is 0.325 e. The zero-order valence-electron chi connectivity index (χ0n) is 19.2. The zero-order valence-corrected chi connectivity index (χ0v) is 20.7. The molecule has 0 radical (unpaired) electrons. The van der Waals surface area contributed by atoms with Crippen LogP contribution >= 0.6 is 23.7 Å². The lowest BCUT2D eigenvalue weighted by atomic mass is 10.1. The molecule has 0 aliphatic carbocycles. The van der Waals surface area contributed by atoms with Gasteiger partial charge in [-0.15, -0.1) is 0 Å². The van der Waals surface area contributed by atoms with Gasteiger partial charge in [0.2, 0.25) is 0 Å². The molecule has 2 saturated heterocycles. The fraction of sp³-hybridized carbons (Fsp3) is 0.500. The van der Waals surface area contributed by atoms with E-state index < -0.39 is 17.9 Å². The monoisotopic (exact) mass is 543 g/mol. The van der Waals surface area contributed by atoms with Crippen LogP contribution in [0.25, 0.3) is 0 Å². The quantitative estimate of drug-likeness (QED) is 0.384. The van der Waals surface area contributed by atoms with Gasteiger partial charge in [-0.05, 0) is 31.0 Å². The van der Waals surface area contributed by atoms with Crippen molar-refractivity contribution >= 4 is 35.1 Å². The fourth-order valence-corrected chi connectivity index (χ4v) is 5.18. The van der Waals surface area contributed by atoms with Crippen LogP contribution in [-0.4, -0.2) is 66.1 Å². The third kappa shape index (κ3) is 6.24. The van der Waals surface area contributed by atoms with Gasteiger partial charge in [0, 0.05) is 44.4 Å². The van der Waals surface area contributed by atoms with Crippen LogP contribution in [0, 0.1) is 17.1 Å². The zero-order chi connectivity index (χ0) is 25.7. The number of anilines is 2. The van der Waals surface area contributed by atoms with Crippen molar-refractivity contribution in [2.75, 3.05) is 49.0 Å². The van der Waals surface area contributed by atoms with Gasteiger partial charge < -0.3 is 15.4 Å². The summed E-state index contributed by atoms with van der Waals surface area (Å²) in [5.74, 6) is -0.900. The molecule has 0 amide bonds. The van der Waals surface area contributed by atoms with Crippen LogP contribution in [0.1, 0.15) is 24.4 Å². The molecule has 3 heterocycles. The summed E-state index contributed by atoms with van der Waals surface area (Å²) in [5, 5.41) is 19.6. The van der Waals surface area contributed by atoms with E-state index in [0.29, 0.717) is 67.8 Å². The molecule has 1 atom stereocenters. The number of nitriles is 1. The van der Waals surface area contributed by atoms with Gasteiger partial charge in [-0.1, -0.05) is 11.6 Å². The Labute approximate surface area is 215 Å². The van der Waals surface area contributed by atoms with Gasteiger partial charge in [0.25, 0.3) is 5.56 Å². The first-order valence-electron chi connectivity index (χ1n) is 11.4. The van der Waals surface area contributed by atoms with Gasteiger partial charge in [0.05, 0.1) is 48.5 Å². The molecule has 2 aliphatic heterocycles. The predicted molar refractivity (Wildman–Crippen MR) is 132 cm³/mol. The molecule has 0 spiro atoms. The topological polar surface area (TPSA) is 98.5 Å². The highest BCUT2D eigenvalue weighted by Crippen LogP contribution is 2.34. The number of aromatic nitrogens is 2. The summed E-state index contributed by atoms with van der Waals surface area (Å²) in [4.78, 5) is 12.9. The molecule has 1 aromatic carbocycles. The Kier molecular flexibility index (Phi) is 8.97. The van der Waals surface area contributed by atoms with E-state index in [1.54, 1.807) is 10.4 Å². The number of nitrogens with one attached hydrogen (secondary N) is 2. The van der Waals surface area contributed by atoms with E-state index >= 15 is 0 Å². The number of nitrogens with zero attached hydrogens (tertiary/aromatic N) is 5. The summed E-state index contributed by atoms with van der Waals surface area (Å²) in [6.45, 7) is 0.291. The van der Waals surface area contributed by atoms with Crippen molar-refractivity contribution in [3.8, 4) is 6.07 Å². The minimum absolute atomic E-state index is 0.0405. The highest BCUT2D eigenvalue weighted by molar-refractivity contribution is 7.98. The highest BCUT2D eigenvalue weighted by atomic mass is 35.5. The van der Waals surface area contributed by atoms with Crippen molar-refractivity contribution in [1.82, 2.24) is 19.4 Å². The van der Waals surface area contributed by atoms with Gasteiger partial charge in [-0.25, -0.2) is 17.7 Å². The minimum atomic E-state index is -2.96. The second-order valence-corrected chi connectivity index (χ2v) is 9.80. The number of hydrogen-bond donors (Lipinski definition) is 2. The van der Waals surface area contributed by atoms with E-state index in [0.717, 1.165) is 18.7 Å². The molecule has 14 heteroatoms. The molecule has 0 bridgehead atoms. The van der Waals surface area contributed by atoms with Crippen molar-refractivity contribution < 1.29 is 17.9 Å².